The Bertz CT molecular complexity index is 420. The number of nitrogens with one attached hydrogen (secondary N) is 1. The molecule has 0 aliphatic rings. The summed E-state index contributed by atoms with van der Waals surface area (Å²) in [5.74, 6) is 1.38. The van der Waals surface area contributed by atoms with Gasteiger partial charge in [-0.3, -0.25) is 0 Å². The molecule has 1 atom stereocenters. The summed E-state index contributed by atoms with van der Waals surface area (Å²) < 4.78 is 5.23. The van der Waals surface area contributed by atoms with Crippen molar-refractivity contribution in [2.45, 2.75) is 25.8 Å². The lowest BCUT2D eigenvalue weighted by molar-refractivity contribution is 0.359. The number of thiophene rings is 1. The van der Waals surface area contributed by atoms with Crippen LogP contribution in [0.2, 0.25) is 0 Å². The molecule has 0 saturated heterocycles. The largest absolute Gasteiger partial charge is 0.339 e. The minimum absolute atomic E-state index is 0.399. The van der Waals surface area contributed by atoms with Crippen molar-refractivity contribution in [3.05, 3.63) is 22.7 Å². The van der Waals surface area contributed by atoms with Crippen molar-refractivity contribution < 1.29 is 4.52 Å². The van der Waals surface area contributed by atoms with E-state index in [-0.39, 0.29) is 0 Å². The van der Waals surface area contributed by atoms with Crippen LogP contribution in [0.25, 0.3) is 11.4 Å². The molecule has 2 heterocycles. The molecule has 0 radical (unpaired) electrons. The smallest absolute Gasteiger partial charge is 0.228 e. The van der Waals surface area contributed by atoms with Crippen LogP contribution in [0.5, 0.6) is 0 Å². The number of rotatable bonds is 5. The molecule has 2 aromatic rings. The lowest BCUT2D eigenvalue weighted by Gasteiger charge is -2.09. The number of likely N-dealkylation sites (N-methyl/N-ethyl adjacent to an activating group) is 1. The summed E-state index contributed by atoms with van der Waals surface area (Å²) in [6, 6.07) is 2.39. The van der Waals surface area contributed by atoms with Gasteiger partial charge in [0.05, 0.1) is 0 Å². The Hall–Kier alpha value is -1.20. The number of hydrogen-bond acceptors (Lipinski definition) is 5. The molecule has 0 saturated carbocycles. The van der Waals surface area contributed by atoms with Gasteiger partial charge in [-0.2, -0.15) is 16.3 Å². The second kappa shape index (κ2) is 5.23. The number of nitrogens with zero attached hydrogens (tertiary/aromatic N) is 2. The van der Waals surface area contributed by atoms with Crippen molar-refractivity contribution >= 4 is 11.3 Å². The Morgan fingerprint density at radius 1 is 1.56 bits per heavy atom. The minimum atomic E-state index is 0.399. The highest BCUT2D eigenvalue weighted by molar-refractivity contribution is 7.08. The summed E-state index contributed by atoms with van der Waals surface area (Å²) in [5.41, 5.74) is 1.03. The predicted molar refractivity (Wildman–Crippen MR) is 64.5 cm³/mol. The highest BCUT2D eigenvalue weighted by Gasteiger charge is 2.12. The normalized spacial score (nSPS) is 12.9. The second-order valence-electron chi connectivity index (χ2n) is 3.62. The first kappa shape index (κ1) is 11.3. The molecule has 2 rings (SSSR count). The van der Waals surface area contributed by atoms with Crippen LogP contribution in [-0.2, 0) is 6.42 Å². The zero-order chi connectivity index (χ0) is 11.4. The molecule has 0 aromatic carbocycles. The third-order valence-corrected chi connectivity index (χ3v) is 3.25. The van der Waals surface area contributed by atoms with Crippen LogP contribution in [0.3, 0.4) is 0 Å². The molecule has 0 amide bonds. The van der Waals surface area contributed by atoms with Crippen LogP contribution in [0.1, 0.15) is 19.2 Å². The Kier molecular flexibility index (Phi) is 3.69. The van der Waals surface area contributed by atoms with Gasteiger partial charge in [-0.1, -0.05) is 12.1 Å². The Labute approximate surface area is 98.7 Å². The van der Waals surface area contributed by atoms with E-state index in [1.54, 1.807) is 11.3 Å². The molecule has 2 aromatic heterocycles. The molecule has 1 unspecified atom stereocenters. The quantitative estimate of drug-likeness (QED) is 0.867. The van der Waals surface area contributed by atoms with Crippen LogP contribution in [0, 0.1) is 0 Å². The van der Waals surface area contributed by atoms with Crippen LogP contribution < -0.4 is 5.32 Å². The standard InChI is InChI=1S/C11H15N3OS/c1-3-9(12-2)6-10-13-11(14-15-10)8-4-5-16-7-8/h4-5,7,9,12H,3,6H2,1-2H3. The first-order valence-corrected chi connectivity index (χ1v) is 6.30. The zero-order valence-corrected chi connectivity index (χ0v) is 10.3. The molecule has 0 bridgehead atoms. The van der Waals surface area contributed by atoms with Crippen LogP contribution in [0.4, 0.5) is 0 Å². The van der Waals surface area contributed by atoms with E-state index in [9.17, 15) is 0 Å². The van der Waals surface area contributed by atoms with Gasteiger partial charge in [0.1, 0.15) is 0 Å². The molecule has 0 aliphatic heterocycles. The second-order valence-corrected chi connectivity index (χ2v) is 4.40. The van der Waals surface area contributed by atoms with E-state index in [0.717, 1.165) is 18.4 Å². The highest BCUT2D eigenvalue weighted by atomic mass is 32.1. The minimum Gasteiger partial charge on any atom is -0.339 e. The van der Waals surface area contributed by atoms with E-state index in [1.807, 2.05) is 23.9 Å². The molecule has 0 aliphatic carbocycles. The Morgan fingerprint density at radius 3 is 3.06 bits per heavy atom. The summed E-state index contributed by atoms with van der Waals surface area (Å²) in [6.45, 7) is 2.14. The van der Waals surface area contributed by atoms with Gasteiger partial charge < -0.3 is 9.84 Å². The zero-order valence-electron chi connectivity index (χ0n) is 9.43. The summed E-state index contributed by atoms with van der Waals surface area (Å²) in [6.07, 6.45) is 1.83. The maximum absolute atomic E-state index is 5.23. The van der Waals surface area contributed by atoms with Gasteiger partial charge in [-0.05, 0) is 24.9 Å². The fraction of sp³-hybridized carbons (Fsp3) is 0.455. The van der Waals surface area contributed by atoms with E-state index < -0.39 is 0 Å². The molecule has 0 fully saturated rings. The maximum Gasteiger partial charge on any atom is 0.228 e. The molecular formula is C11H15N3OS. The summed E-state index contributed by atoms with van der Waals surface area (Å²) in [7, 11) is 1.95. The summed E-state index contributed by atoms with van der Waals surface area (Å²) in [5, 5.41) is 11.2. The number of hydrogen-bond donors (Lipinski definition) is 1. The molecule has 4 nitrogen and oxygen atoms in total. The van der Waals surface area contributed by atoms with Crippen molar-refractivity contribution in [1.82, 2.24) is 15.5 Å². The van der Waals surface area contributed by atoms with E-state index in [1.165, 1.54) is 0 Å². The Balaban J connectivity index is 2.08. The third-order valence-electron chi connectivity index (χ3n) is 2.57. The molecule has 16 heavy (non-hydrogen) atoms. The fourth-order valence-electron chi connectivity index (χ4n) is 1.51. The average Bonchev–Trinajstić information content (AvgIpc) is 2.96. The van der Waals surface area contributed by atoms with Crippen molar-refractivity contribution in [1.29, 1.82) is 0 Å². The topological polar surface area (TPSA) is 51.0 Å². The van der Waals surface area contributed by atoms with Gasteiger partial charge in [0.15, 0.2) is 0 Å². The average molecular weight is 237 g/mol. The van der Waals surface area contributed by atoms with Gasteiger partial charge in [-0.15, -0.1) is 0 Å². The van der Waals surface area contributed by atoms with E-state index in [4.69, 9.17) is 4.52 Å². The highest BCUT2D eigenvalue weighted by Crippen LogP contribution is 2.19. The predicted octanol–water partition coefficient (Wildman–Crippen LogP) is 2.34. The van der Waals surface area contributed by atoms with Gasteiger partial charge in [-0.25, -0.2) is 0 Å². The molecule has 0 spiro atoms. The molecular weight excluding hydrogens is 222 g/mol. The van der Waals surface area contributed by atoms with Crippen molar-refractivity contribution in [3.8, 4) is 11.4 Å². The van der Waals surface area contributed by atoms with Gasteiger partial charge in [0.2, 0.25) is 11.7 Å². The van der Waals surface area contributed by atoms with Gasteiger partial charge in [0.25, 0.3) is 0 Å². The van der Waals surface area contributed by atoms with Crippen LogP contribution in [0.15, 0.2) is 21.3 Å². The molecule has 86 valence electrons. The van der Waals surface area contributed by atoms with Crippen molar-refractivity contribution in [3.63, 3.8) is 0 Å². The van der Waals surface area contributed by atoms with Crippen LogP contribution in [-0.4, -0.2) is 23.2 Å². The first-order valence-electron chi connectivity index (χ1n) is 5.36. The molecule has 1 N–H and O–H groups in total. The van der Waals surface area contributed by atoms with E-state index >= 15 is 0 Å². The van der Waals surface area contributed by atoms with Crippen LogP contribution >= 0.6 is 11.3 Å². The SMILES string of the molecule is CCC(Cc1nc(-c2ccsc2)no1)NC. The lowest BCUT2D eigenvalue weighted by Crippen LogP contribution is -2.26. The van der Waals surface area contributed by atoms with Gasteiger partial charge >= 0.3 is 0 Å². The van der Waals surface area contributed by atoms with Gasteiger partial charge in [0, 0.05) is 23.4 Å². The summed E-state index contributed by atoms with van der Waals surface area (Å²) >= 11 is 1.63. The maximum atomic E-state index is 5.23. The lowest BCUT2D eigenvalue weighted by atomic mass is 10.1. The van der Waals surface area contributed by atoms with E-state index in [2.05, 4.69) is 22.4 Å². The molecule has 5 heteroatoms. The van der Waals surface area contributed by atoms with Crippen molar-refractivity contribution in [2.24, 2.45) is 0 Å². The summed E-state index contributed by atoms with van der Waals surface area (Å²) in [4.78, 5) is 4.38. The first-order chi connectivity index (χ1) is 7.83. The van der Waals surface area contributed by atoms with E-state index in [0.29, 0.717) is 17.8 Å². The monoisotopic (exact) mass is 237 g/mol. The van der Waals surface area contributed by atoms with Crippen molar-refractivity contribution in [2.75, 3.05) is 7.05 Å². The fourth-order valence-corrected chi connectivity index (χ4v) is 2.14. The number of aromatic nitrogens is 2. The third kappa shape index (κ3) is 2.48. The Morgan fingerprint density at radius 2 is 2.44 bits per heavy atom.